The first kappa shape index (κ1) is 11.7. The third-order valence-corrected chi connectivity index (χ3v) is 3.16. The summed E-state index contributed by atoms with van der Waals surface area (Å²) < 4.78 is 2.02. The van der Waals surface area contributed by atoms with Gasteiger partial charge < -0.3 is 10.3 Å². The molecule has 0 atom stereocenters. The van der Waals surface area contributed by atoms with Crippen molar-refractivity contribution >= 4 is 0 Å². The van der Waals surface area contributed by atoms with E-state index in [0.29, 0.717) is 6.54 Å². The molecule has 2 aromatic carbocycles. The van der Waals surface area contributed by atoms with Crippen molar-refractivity contribution in [2.24, 2.45) is 5.73 Å². The predicted octanol–water partition coefficient (Wildman–Crippen LogP) is 3.00. The Morgan fingerprint density at radius 3 is 2.74 bits per heavy atom. The van der Waals surface area contributed by atoms with Crippen molar-refractivity contribution < 1.29 is 0 Å². The van der Waals surface area contributed by atoms with Crippen molar-refractivity contribution in [3.8, 4) is 16.8 Å². The van der Waals surface area contributed by atoms with Gasteiger partial charge in [0.1, 0.15) is 0 Å². The Morgan fingerprint density at radius 1 is 1.05 bits per heavy atom. The SMILES string of the molecule is NCc1cccc(-c2ccccc2-n2ccnc2)c1. The van der Waals surface area contributed by atoms with Crippen molar-refractivity contribution in [3.05, 3.63) is 72.8 Å². The highest BCUT2D eigenvalue weighted by molar-refractivity contribution is 5.73. The minimum absolute atomic E-state index is 0.557. The fraction of sp³-hybridized carbons (Fsp3) is 0.0625. The molecule has 1 aromatic heterocycles. The van der Waals surface area contributed by atoms with E-state index in [1.165, 1.54) is 11.1 Å². The van der Waals surface area contributed by atoms with Gasteiger partial charge >= 0.3 is 0 Å². The van der Waals surface area contributed by atoms with Gasteiger partial charge in [0.15, 0.2) is 0 Å². The van der Waals surface area contributed by atoms with Gasteiger partial charge in [0, 0.05) is 24.5 Å². The van der Waals surface area contributed by atoms with E-state index in [1.54, 1.807) is 6.20 Å². The normalized spacial score (nSPS) is 10.6. The van der Waals surface area contributed by atoms with Crippen molar-refractivity contribution in [1.82, 2.24) is 9.55 Å². The van der Waals surface area contributed by atoms with E-state index in [0.717, 1.165) is 11.3 Å². The Bertz CT molecular complexity index is 672. The molecule has 0 saturated carbocycles. The number of imidazole rings is 1. The third-order valence-electron chi connectivity index (χ3n) is 3.16. The molecule has 3 rings (SSSR count). The van der Waals surface area contributed by atoms with Gasteiger partial charge in [-0.2, -0.15) is 0 Å². The molecule has 0 aliphatic rings. The van der Waals surface area contributed by atoms with Crippen LogP contribution in [0.4, 0.5) is 0 Å². The van der Waals surface area contributed by atoms with Crippen LogP contribution < -0.4 is 5.73 Å². The number of hydrogen-bond acceptors (Lipinski definition) is 2. The smallest absolute Gasteiger partial charge is 0.0991 e. The number of hydrogen-bond donors (Lipinski definition) is 1. The highest BCUT2D eigenvalue weighted by Crippen LogP contribution is 2.27. The van der Waals surface area contributed by atoms with Gasteiger partial charge in [-0.15, -0.1) is 0 Å². The summed E-state index contributed by atoms with van der Waals surface area (Å²) in [5.41, 5.74) is 10.3. The summed E-state index contributed by atoms with van der Waals surface area (Å²) in [6.07, 6.45) is 5.55. The monoisotopic (exact) mass is 249 g/mol. The molecule has 3 heteroatoms. The van der Waals surface area contributed by atoms with E-state index in [1.807, 2.05) is 41.4 Å². The van der Waals surface area contributed by atoms with Gasteiger partial charge in [0.2, 0.25) is 0 Å². The second-order valence-corrected chi connectivity index (χ2v) is 4.39. The minimum Gasteiger partial charge on any atom is -0.326 e. The fourth-order valence-corrected chi connectivity index (χ4v) is 2.21. The molecule has 94 valence electrons. The van der Waals surface area contributed by atoms with Crippen molar-refractivity contribution in [2.75, 3.05) is 0 Å². The lowest BCUT2D eigenvalue weighted by molar-refractivity contribution is 1.06. The summed E-state index contributed by atoms with van der Waals surface area (Å²) in [5.74, 6) is 0. The summed E-state index contributed by atoms with van der Waals surface area (Å²) in [7, 11) is 0. The van der Waals surface area contributed by atoms with E-state index in [4.69, 9.17) is 5.73 Å². The summed E-state index contributed by atoms with van der Waals surface area (Å²) in [5, 5.41) is 0. The number of rotatable bonds is 3. The Balaban J connectivity index is 2.15. The molecule has 0 spiro atoms. The Kier molecular flexibility index (Phi) is 3.12. The lowest BCUT2D eigenvalue weighted by Crippen LogP contribution is -1.97. The molecule has 1 heterocycles. The van der Waals surface area contributed by atoms with Crippen LogP contribution in [0.15, 0.2) is 67.3 Å². The Morgan fingerprint density at radius 2 is 1.95 bits per heavy atom. The molecule has 0 saturated heterocycles. The van der Waals surface area contributed by atoms with Gasteiger partial charge in [0.05, 0.1) is 12.0 Å². The predicted molar refractivity (Wildman–Crippen MR) is 76.9 cm³/mol. The maximum absolute atomic E-state index is 5.71. The van der Waals surface area contributed by atoms with Gasteiger partial charge in [0.25, 0.3) is 0 Å². The van der Waals surface area contributed by atoms with E-state index in [9.17, 15) is 0 Å². The number of para-hydroxylation sites is 1. The average Bonchev–Trinajstić information content (AvgIpc) is 3.01. The second kappa shape index (κ2) is 5.08. The fourth-order valence-electron chi connectivity index (χ4n) is 2.21. The lowest BCUT2D eigenvalue weighted by atomic mass is 10.0. The van der Waals surface area contributed by atoms with Crippen molar-refractivity contribution in [1.29, 1.82) is 0 Å². The topological polar surface area (TPSA) is 43.8 Å². The Hall–Kier alpha value is -2.39. The van der Waals surface area contributed by atoms with Gasteiger partial charge in [-0.05, 0) is 23.3 Å². The third kappa shape index (κ3) is 2.28. The lowest BCUT2D eigenvalue weighted by Gasteiger charge is -2.11. The first-order chi connectivity index (χ1) is 9.38. The van der Waals surface area contributed by atoms with Crippen LogP contribution in [-0.4, -0.2) is 9.55 Å². The molecule has 0 unspecified atom stereocenters. The van der Waals surface area contributed by atoms with Crippen LogP contribution in [0.5, 0.6) is 0 Å². The van der Waals surface area contributed by atoms with Crippen LogP contribution in [0.2, 0.25) is 0 Å². The van der Waals surface area contributed by atoms with Gasteiger partial charge in [-0.25, -0.2) is 4.98 Å². The molecule has 0 radical (unpaired) electrons. The zero-order valence-corrected chi connectivity index (χ0v) is 10.5. The van der Waals surface area contributed by atoms with Crippen LogP contribution >= 0.6 is 0 Å². The van der Waals surface area contributed by atoms with Gasteiger partial charge in [-0.3, -0.25) is 0 Å². The molecule has 0 aliphatic carbocycles. The Labute approximate surface area is 112 Å². The molecule has 0 amide bonds. The highest BCUT2D eigenvalue weighted by Gasteiger charge is 2.06. The summed E-state index contributed by atoms with van der Waals surface area (Å²) in [6, 6.07) is 16.6. The first-order valence-corrected chi connectivity index (χ1v) is 6.25. The average molecular weight is 249 g/mol. The number of benzene rings is 2. The number of aromatic nitrogens is 2. The molecule has 3 aromatic rings. The summed E-state index contributed by atoms with van der Waals surface area (Å²) in [6.45, 7) is 0.557. The van der Waals surface area contributed by atoms with E-state index < -0.39 is 0 Å². The van der Waals surface area contributed by atoms with E-state index in [2.05, 4.69) is 29.2 Å². The minimum atomic E-state index is 0.557. The van der Waals surface area contributed by atoms with Crippen LogP contribution in [0.3, 0.4) is 0 Å². The molecule has 0 aliphatic heterocycles. The number of nitrogens with two attached hydrogens (primary N) is 1. The van der Waals surface area contributed by atoms with E-state index >= 15 is 0 Å². The highest BCUT2D eigenvalue weighted by atomic mass is 15.0. The second-order valence-electron chi connectivity index (χ2n) is 4.39. The van der Waals surface area contributed by atoms with Crippen molar-refractivity contribution in [3.63, 3.8) is 0 Å². The molecule has 3 nitrogen and oxygen atoms in total. The van der Waals surface area contributed by atoms with Crippen LogP contribution in [0, 0.1) is 0 Å². The standard InChI is InChI=1S/C16H15N3/c17-11-13-4-3-5-14(10-13)15-6-1-2-7-16(15)19-9-8-18-12-19/h1-10,12H,11,17H2. The van der Waals surface area contributed by atoms with Crippen LogP contribution in [-0.2, 0) is 6.54 Å². The quantitative estimate of drug-likeness (QED) is 0.775. The van der Waals surface area contributed by atoms with Gasteiger partial charge in [-0.1, -0.05) is 36.4 Å². The van der Waals surface area contributed by atoms with E-state index in [-0.39, 0.29) is 0 Å². The maximum atomic E-state index is 5.71. The zero-order chi connectivity index (χ0) is 13.1. The molecule has 0 fully saturated rings. The summed E-state index contributed by atoms with van der Waals surface area (Å²) in [4.78, 5) is 4.11. The van der Waals surface area contributed by atoms with Crippen LogP contribution in [0.25, 0.3) is 16.8 Å². The molecule has 19 heavy (non-hydrogen) atoms. The molecule has 0 bridgehead atoms. The molecular weight excluding hydrogens is 234 g/mol. The largest absolute Gasteiger partial charge is 0.326 e. The molecular formula is C16H15N3. The summed E-state index contributed by atoms with van der Waals surface area (Å²) >= 11 is 0. The molecule has 2 N–H and O–H groups in total. The first-order valence-electron chi connectivity index (χ1n) is 6.25. The maximum Gasteiger partial charge on any atom is 0.0991 e. The van der Waals surface area contributed by atoms with Crippen LogP contribution in [0.1, 0.15) is 5.56 Å². The zero-order valence-electron chi connectivity index (χ0n) is 10.5. The van der Waals surface area contributed by atoms with Crippen molar-refractivity contribution in [2.45, 2.75) is 6.54 Å². The number of nitrogens with zero attached hydrogens (tertiary/aromatic N) is 2.